The van der Waals surface area contributed by atoms with Crippen LogP contribution < -0.4 is 24.4 Å². The molecule has 41 heavy (non-hydrogen) atoms. The van der Waals surface area contributed by atoms with Gasteiger partial charge >= 0.3 is 0 Å². The van der Waals surface area contributed by atoms with Gasteiger partial charge in [-0.15, -0.1) is 11.3 Å². The average molecular weight is 581 g/mol. The first-order valence-corrected chi connectivity index (χ1v) is 15.0. The van der Waals surface area contributed by atoms with Gasteiger partial charge in [0.25, 0.3) is 5.56 Å². The van der Waals surface area contributed by atoms with Crippen molar-refractivity contribution >= 4 is 34.4 Å². The standard InChI is InChI=1S/C33H25FN2O3S2/c1-38-27-17-20(12-15-26(27)39-19-22-8-3-5-10-25(22)34)18-29-32(37)36-31(28-11-6-16-40-28)24-14-13-21-7-2-4-9-23(21)30(24)35-33(36)41-29/h2-12,15-18,31H,13-14,19H2,1H3/b29-18+/t31-/m0/s1. The highest BCUT2D eigenvalue weighted by molar-refractivity contribution is 7.10. The maximum atomic E-state index is 14.0. The monoisotopic (exact) mass is 580 g/mol. The fraction of sp³-hybridized carbons (Fsp3) is 0.152. The largest absolute Gasteiger partial charge is 0.493 e. The van der Waals surface area contributed by atoms with E-state index >= 15 is 0 Å². The van der Waals surface area contributed by atoms with Gasteiger partial charge in [-0.2, -0.15) is 0 Å². The molecule has 0 amide bonds. The molecule has 204 valence electrons. The van der Waals surface area contributed by atoms with Gasteiger partial charge in [-0.1, -0.05) is 65.9 Å². The van der Waals surface area contributed by atoms with Crippen LogP contribution in [0.5, 0.6) is 11.5 Å². The van der Waals surface area contributed by atoms with E-state index in [1.54, 1.807) is 42.7 Å². The first kappa shape index (κ1) is 25.7. The van der Waals surface area contributed by atoms with Crippen molar-refractivity contribution in [3.63, 3.8) is 0 Å². The first-order chi connectivity index (χ1) is 20.1. The van der Waals surface area contributed by atoms with Crippen molar-refractivity contribution in [2.24, 2.45) is 4.99 Å². The summed E-state index contributed by atoms with van der Waals surface area (Å²) in [4.78, 5) is 20.8. The van der Waals surface area contributed by atoms with E-state index in [0.29, 0.717) is 26.4 Å². The van der Waals surface area contributed by atoms with Gasteiger partial charge in [-0.25, -0.2) is 9.38 Å². The van der Waals surface area contributed by atoms with E-state index in [4.69, 9.17) is 14.5 Å². The summed E-state index contributed by atoms with van der Waals surface area (Å²) in [5.74, 6) is 0.689. The van der Waals surface area contributed by atoms with Gasteiger partial charge in [0.2, 0.25) is 0 Å². The van der Waals surface area contributed by atoms with Gasteiger partial charge in [0.15, 0.2) is 16.3 Å². The summed E-state index contributed by atoms with van der Waals surface area (Å²) in [5, 5.41) is 2.06. The minimum atomic E-state index is -0.315. The highest BCUT2D eigenvalue weighted by atomic mass is 32.1. The molecule has 7 rings (SSSR count). The number of benzene rings is 3. The molecule has 3 aromatic carbocycles. The van der Waals surface area contributed by atoms with Crippen LogP contribution in [0.2, 0.25) is 0 Å². The van der Waals surface area contributed by atoms with Crippen molar-refractivity contribution in [3.8, 4) is 11.5 Å². The Morgan fingerprint density at radius 3 is 2.71 bits per heavy atom. The molecule has 3 heterocycles. The maximum absolute atomic E-state index is 14.0. The SMILES string of the molecule is COc1cc(/C=c2/sc3n(c2=O)[C@H](c2cccs2)C2=C(N=3)c3ccccc3CC2)ccc1OCc1ccccc1F. The summed E-state index contributed by atoms with van der Waals surface area (Å²) < 4.78 is 27.9. The van der Waals surface area contributed by atoms with E-state index in [0.717, 1.165) is 34.5 Å². The Hall–Kier alpha value is -4.27. The molecule has 0 bridgehead atoms. The smallest absolute Gasteiger partial charge is 0.271 e. The summed E-state index contributed by atoms with van der Waals surface area (Å²) in [6, 6.07) is 24.4. The Kier molecular flexibility index (Phi) is 6.65. The molecule has 0 saturated carbocycles. The summed E-state index contributed by atoms with van der Waals surface area (Å²) in [5.41, 5.74) is 5.85. The molecule has 2 aliphatic rings. The number of aromatic nitrogens is 1. The number of fused-ring (bicyclic) bond motifs is 3. The number of rotatable bonds is 6. The van der Waals surface area contributed by atoms with Crippen LogP contribution in [-0.4, -0.2) is 11.7 Å². The molecule has 0 spiro atoms. The molecule has 0 saturated heterocycles. The minimum Gasteiger partial charge on any atom is -0.493 e. The lowest BCUT2D eigenvalue weighted by Crippen LogP contribution is -2.38. The van der Waals surface area contributed by atoms with Crippen LogP contribution >= 0.6 is 22.7 Å². The van der Waals surface area contributed by atoms with Crippen LogP contribution in [0.15, 0.2) is 99.6 Å². The van der Waals surface area contributed by atoms with E-state index in [9.17, 15) is 9.18 Å². The van der Waals surface area contributed by atoms with Crippen molar-refractivity contribution in [2.45, 2.75) is 25.5 Å². The maximum Gasteiger partial charge on any atom is 0.271 e. The molecule has 0 radical (unpaired) electrons. The van der Waals surface area contributed by atoms with Gasteiger partial charge in [-0.3, -0.25) is 9.36 Å². The summed E-state index contributed by atoms with van der Waals surface area (Å²) in [7, 11) is 1.56. The summed E-state index contributed by atoms with van der Waals surface area (Å²) >= 11 is 3.07. The second-order valence-corrected chi connectivity index (χ2v) is 11.9. The fourth-order valence-corrected chi connectivity index (χ4v) is 7.38. The summed E-state index contributed by atoms with van der Waals surface area (Å²) in [6.45, 7) is 0.0808. The number of hydrogen-bond donors (Lipinski definition) is 0. The van der Waals surface area contributed by atoms with Crippen molar-refractivity contribution < 1.29 is 13.9 Å². The van der Waals surface area contributed by atoms with Gasteiger partial charge in [0, 0.05) is 16.0 Å². The number of thiophene rings is 1. The number of nitrogens with zero attached hydrogens (tertiary/aromatic N) is 2. The normalized spacial score (nSPS) is 16.0. The van der Waals surface area contributed by atoms with E-state index in [1.165, 1.54) is 28.5 Å². The van der Waals surface area contributed by atoms with Crippen molar-refractivity contribution in [1.82, 2.24) is 4.57 Å². The predicted molar refractivity (Wildman–Crippen MR) is 161 cm³/mol. The first-order valence-electron chi connectivity index (χ1n) is 13.3. The molecule has 0 fully saturated rings. The van der Waals surface area contributed by atoms with Crippen LogP contribution in [0.1, 0.15) is 39.6 Å². The molecule has 5 nitrogen and oxygen atoms in total. The van der Waals surface area contributed by atoms with Crippen LogP contribution in [0.3, 0.4) is 0 Å². The van der Waals surface area contributed by atoms with Crippen LogP contribution in [0.4, 0.5) is 4.39 Å². The molecule has 1 aliphatic heterocycles. The average Bonchev–Trinajstić information content (AvgIpc) is 3.64. The predicted octanol–water partition coefficient (Wildman–Crippen LogP) is 6.11. The second kappa shape index (κ2) is 10.6. The van der Waals surface area contributed by atoms with Crippen molar-refractivity contribution in [3.05, 3.63) is 142 Å². The van der Waals surface area contributed by atoms with Crippen molar-refractivity contribution in [1.29, 1.82) is 0 Å². The zero-order valence-corrected chi connectivity index (χ0v) is 23.8. The molecule has 2 aromatic heterocycles. The zero-order chi connectivity index (χ0) is 27.9. The van der Waals surface area contributed by atoms with E-state index in [1.807, 2.05) is 28.8 Å². The van der Waals surface area contributed by atoms with Gasteiger partial charge in [-0.05, 0) is 65.3 Å². The van der Waals surface area contributed by atoms with Gasteiger partial charge < -0.3 is 9.47 Å². The van der Waals surface area contributed by atoms with Crippen molar-refractivity contribution in [2.75, 3.05) is 7.11 Å². The Labute approximate surface area is 243 Å². The Morgan fingerprint density at radius 1 is 1.02 bits per heavy atom. The number of allylic oxidation sites excluding steroid dienone is 1. The molecule has 8 heteroatoms. The molecular weight excluding hydrogens is 556 g/mol. The number of hydrogen-bond acceptors (Lipinski definition) is 6. The Bertz CT molecular complexity index is 1990. The number of methoxy groups -OCH3 is 1. The number of ether oxygens (including phenoxy) is 2. The number of halogens is 1. The van der Waals surface area contributed by atoms with E-state index in [2.05, 4.69) is 35.7 Å². The highest BCUT2D eigenvalue weighted by Gasteiger charge is 2.33. The van der Waals surface area contributed by atoms with E-state index in [-0.39, 0.29) is 24.0 Å². The van der Waals surface area contributed by atoms with Crippen LogP contribution in [0, 0.1) is 5.82 Å². The quantitative estimate of drug-likeness (QED) is 0.244. The third kappa shape index (κ3) is 4.63. The lowest BCUT2D eigenvalue weighted by Gasteiger charge is -2.30. The lowest BCUT2D eigenvalue weighted by molar-refractivity contribution is 0.279. The Balaban J connectivity index is 1.29. The second-order valence-electron chi connectivity index (χ2n) is 9.92. The zero-order valence-electron chi connectivity index (χ0n) is 22.2. The molecule has 1 aliphatic carbocycles. The number of aryl methyl sites for hydroxylation is 1. The molecule has 0 N–H and O–H groups in total. The number of thiazole rings is 1. The molecular formula is C33H25FN2O3S2. The fourth-order valence-electron chi connectivity index (χ4n) is 5.53. The highest BCUT2D eigenvalue weighted by Crippen LogP contribution is 2.42. The third-order valence-electron chi connectivity index (χ3n) is 7.51. The molecule has 5 aromatic rings. The van der Waals surface area contributed by atoms with Crippen LogP contribution in [-0.2, 0) is 13.0 Å². The third-order valence-corrected chi connectivity index (χ3v) is 9.42. The van der Waals surface area contributed by atoms with Crippen LogP contribution in [0.25, 0.3) is 11.8 Å². The molecule has 1 atom stereocenters. The Morgan fingerprint density at radius 2 is 1.88 bits per heavy atom. The van der Waals surface area contributed by atoms with Gasteiger partial charge in [0.05, 0.1) is 23.4 Å². The minimum absolute atomic E-state index is 0.0589. The van der Waals surface area contributed by atoms with Gasteiger partial charge in [0.1, 0.15) is 12.4 Å². The molecule has 0 unspecified atom stereocenters. The summed E-state index contributed by atoms with van der Waals surface area (Å²) in [6.07, 6.45) is 3.67. The lowest BCUT2D eigenvalue weighted by atomic mass is 9.85. The topological polar surface area (TPSA) is 52.8 Å². The van der Waals surface area contributed by atoms with E-state index < -0.39 is 0 Å².